The molecule has 1 aromatic heterocycles. The Morgan fingerprint density at radius 2 is 2.00 bits per heavy atom. The summed E-state index contributed by atoms with van der Waals surface area (Å²) in [6, 6.07) is 2.16. The summed E-state index contributed by atoms with van der Waals surface area (Å²) in [6.07, 6.45) is 3.70. The second-order valence-corrected chi connectivity index (χ2v) is 5.36. The minimum absolute atomic E-state index is 0.217. The minimum Gasteiger partial charge on any atom is -0.368 e. The monoisotopic (exact) mass is 235 g/mol. The first-order valence-electron chi connectivity index (χ1n) is 6.28. The molecule has 2 fully saturated rings. The summed E-state index contributed by atoms with van der Waals surface area (Å²) >= 11 is 0. The van der Waals surface area contributed by atoms with Gasteiger partial charge in [-0.25, -0.2) is 4.39 Å². The summed E-state index contributed by atoms with van der Waals surface area (Å²) in [5.41, 5.74) is 7.72. The van der Waals surface area contributed by atoms with Crippen LogP contribution < -0.4 is 10.6 Å². The molecule has 2 unspecified atom stereocenters. The Morgan fingerprint density at radius 1 is 1.35 bits per heavy atom. The van der Waals surface area contributed by atoms with E-state index in [0.717, 1.165) is 18.8 Å². The lowest BCUT2D eigenvalue weighted by atomic mass is 9.93. The number of anilines is 1. The number of pyridine rings is 1. The lowest BCUT2D eigenvalue weighted by molar-refractivity contribution is 0.354. The van der Waals surface area contributed by atoms with Crippen LogP contribution in [-0.4, -0.2) is 24.1 Å². The Bertz CT molecular complexity index is 421. The van der Waals surface area contributed by atoms with Crippen molar-refractivity contribution in [2.24, 2.45) is 17.6 Å². The maximum Gasteiger partial charge on any atom is 0.164 e. The first-order chi connectivity index (χ1) is 8.15. The third-order valence-electron chi connectivity index (χ3n) is 4.22. The van der Waals surface area contributed by atoms with Crippen LogP contribution in [0, 0.1) is 24.6 Å². The topological polar surface area (TPSA) is 42.1 Å². The average Bonchev–Trinajstić information content (AvgIpc) is 2.55. The van der Waals surface area contributed by atoms with Crippen LogP contribution in [0.1, 0.15) is 18.5 Å². The molecule has 2 bridgehead atoms. The van der Waals surface area contributed by atoms with Gasteiger partial charge in [-0.2, -0.15) is 0 Å². The standard InChI is InChI=1S/C13H18FN3/c1-8-4-12(11(14)5-16-8)17-6-9-2-3-10(7-17)13(9)15/h4-5,9-10,13H,2-3,6-7,15H2,1H3/t9-,10?,13?/m0/s1. The fraction of sp³-hybridized carbons (Fsp3) is 0.615. The van der Waals surface area contributed by atoms with Crippen LogP contribution in [0.5, 0.6) is 0 Å². The molecule has 4 heteroatoms. The molecule has 3 rings (SSSR count). The summed E-state index contributed by atoms with van der Waals surface area (Å²) in [5.74, 6) is 0.841. The predicted molar refractivity (Wildman–Crippen MR) is 65.3 cm³/mol. The van der Waals surface area contributed by atoms with E-state index in [1.54, 1.807) is 0 Å². The zero-order valence-corrected chi connectivity index (χ0v) is 10.1. The van der Waals surface area contributed by atoms with Crippen LogP contribution in [-0.2, 0) is 0 Å². The van der Waals surface area contributed by atoms with E-state index in [0.29, 0.717) is 23.6 Å². The number of halogens is 1. The molecular weight excluding hydrogens is 217 g/mol. The highest BCUT2D eigenvalue weighted by molar-refractivity contribution is 5.49. The molecule has 2 aliphatic rings. The van der Waals surface area contributed by atoms with E-state index in [-0.39, 0.29) is 5.82 Å². The molecular formula is C13H18FN3. The SMILES string of the molecule is Cc1cc(N2CC3CC[C@@H](C2)C3N)c(F)cn1. The summed E-state index contributed by atoms with van der Waals surface area (Å²) in [6.45, 7) is 3.67. The van der Waals surface area contributed by atoms with Gasteiger partial charge in [0.05, 0.1) is 11.9 Å². The number of nitrogens with zero attached hydrogens (tertiary/aromatic N) is 2. The number of rotatable bonds is 1. The summed E-state index contributed by atoms with van der Waals surface area (Å²) in [5, 5.41) is 0. The number of nitrogens with two attached hydrogens (primary N) is 1. The van der Waals surface area contributed by atoms with Crippen LogP contribution in [0.4, 0.5) is 10.1 Å². The van der Waals surface area contributed by atoms with E-state index in [1.165, 1.54) is 19.0 Å². The highest BCUT2D eigenvalue weighted by Crippen LogP contribution is 2.38. The molecule has 1 saturated carbocycles. The van der Waals surface area contributed by atoms with Crippen LogP contribution in [0.2, 0.25) is 0 Å². The highest BCUT2D eigenvalue weighted by Gasteiger charge is 2.40. The molecule has 1 saturated heterocycles. The van der Waals surface area contributed by atoms with E-state index in [4.69, 9.17) is 5.73 Å². The molecule has 2 N–H and O–H groups in total. The Morgan fingerprint density at radius 3 is 2.65 bits per heavy atom. The van der Waals surface area contributed by atoms with E-state index >= 15 is 0 Å². The van der Waals surface area contributed by atoms with Gasteiger partial charge < -0.3 is 10.6 Å². The van der Waals surface area contributed by atoms with Crippen molar-refractivity contribution in [3.63, 3.8) is 0 Å². The lowest BCUT2D eigenvalue weighted by Crippen LogP contribution is -2.49. The van der Waals surface area contributed by atoms with E-state index < -0.39 is 0 Å². The normalized spacial score (nSPS) is 31.9. The van der Waals surface area contributed by atoms with Gasteiger partial charge >= 0.3 is 0 Å². The summed E-state index contributed by atoms with van der Waals surface area (Å²) in [4.78, 5) is 6.12. The first kappa shape index (κ1) is 11.0. The quantitative estimate of drug-likeness (QED) is 0.805. The first-order valence-corrected chi connectivity index (χ1v) is 6.28. The van der Waals surface area contributed by atoms with Gasteiger partial charge in [-0.15, -0.1) is 0 Å². The molecule has 1 aliphatic carbocycles. The minimum atomic E-state index is -0.217. The van der Waals surface area contributed by atoms with Gasteiger partial charge in [0.15, 0.2) is 5.82 Å². The number of piperidine rings is 1. The van der Waals surface area contributed by atoms with Gasteiger partial charge in [0.25, 0.3) is 0 Å². The lowest BCUT2D eigenvalue weighted by Gasteiger charge is -2.37. The fourth-order valence-electron chi connectivity index (χ4n) is 3.23. The van der Waals surface area contributed by atoms with Crippen LogP contribution in [0.25, 0.3) is 0 Å². The molecule has 92 valence electrons. The van der Waals surface area contributed by atoms with Gasteiger partial charge in [0.2, 0.25) is 0 Å². The molecule has 3 atom stereocenters. The largest absolute Gasteiger partial charge is 0.368 e. The van der Waals surface area contributed by atoms with Crippen molar-refractivity contribution < 1.29 is 4.39 Å². The Hall–Kier alpha value is -1.16. The molecule has 3 nitrogen and oxygen atoms in total. The van der Waals surface area contributed by atoms with Crippen LogP contribution >= 0.6 is 0 Å². The number of aromatic nitrogens is 1. The van der Waals surface area contributed by atoms with Crippen molar-refractivity contribution in [3.05, 3.63) is 23.8 Å². The van der Waals surface area contributed by atoms with Gasteiger partial charge in [-0.1, -0.05) is 0 Å². The highest BCUT2D eigenvalue weighted by atomic mass is 19.1. The van der Waals surface area contributed by atoms with Crippen LogP contribution in [0.15, 0.2) is 12.3 Å². The Balaban J connectivity index is 1.88. The van der Waals surface area contributed by atoms with Crippen molar-refractivity contribution in [1.29, 1.82) is 0 Å². The number of aryl methyl sites for hydroxylation is 1. The smallest absolute Gasteiger partial charge is 0.164 e. The molecule has 1 aromatic rings. The summed E-state index contributed by atoms with van der Waals surface area (Å²) in [7, 11) is 0. The Labute approximate surface area is 101 Å². The Kier molecular flexibility index (Phi) is 2.54. The molecule has 0 spiro atoms. The van der Waals surface area contributed by atoms with Gasteiger partial charge in [0, 0.05) is 24.8 Å². The third kappa shape index (κ3) is 1.80. The zero-order chi connectivity index (χ0) is 12.0. The van der Waals surface area contributed by atoms with Gasteiger partial charge in [0.1, 0.15) is 0 Å². The maximum absolute atomic E-state index is 13.8. The molecule has 0 radical (unpaired) electrons. The van der Waals surface area contributed by atoms with Crippen molar-refractivity contribution in [2.45, 2.75) is 25.8 Å². The van der Waals surface area contributed by atoms with Gasteiger partial charge in [-0.05, 0) is 37.7 Å². The number of hydrogen-bond acceptors (Lipinski definition) is 3. The second-order valence-electron chi connectivity index (χ2n) is 5.36. The second kappa shape index (κ2) is 3.95. The van der Waals surface area contributed by atoms with Crippen molar-refractivity contribution in [1.82, 2.24) is 4.98 Å². The van der Waals surface area contributed by atoms with Gasteiger partial charge in [-0.3, -0.25) is 4.98 Å². The van der Waals surface area contributed by atoms with Crippen molar-refractivity contribution in [2.75, 3.05) is 18.0 Å². The van der Waals surface area contributed by atoms with E-state index in [2.05, 4.69) is 9.88 Å². The molecule has 2 heterocycles. The molecule has 1 aliphatic heterocycles. The number of hydrogen-bond donors (Lipinski definition) is 1. The van der Waals surface area contributed by atoms with Crippen molar-refractivity contribution in [3.8, 4) is 0 Å². The van der Waals surface area contributed by atoms with E-state index in [9.17, 15) is 4.39 Å². The van der Waals surface area contributed by atoms with Crippen molar-refractivity contribution >= 4 is 5.69 Å². The third-order valence-corrected chi connectivity index (χ3v) is 4.22. The number of fused-ring (bicyclic) bond motifs is 2. The molecule has 0 aromatic carbocycles. The van der Waals surface area contributed by atoms with E-state index in [1.807, 2.05) is 13.0 Å². The zero-order valence-electron chi connectivity index (χ0n) is 10.1. The molecule has 0 amide bonds. The molecule has 17 heavy (non-hydrogen) atoms. The summed E-state index contributed by atoms with van der Waals surface area (Å²) < 4.78 is 13.8. The fourth-order valence-corrected chi connectivity index (χ4v) is 3.23. The maximum atomic E-state index is 13.8. The predicted octanol–water partition coefficient (Wildman–Crippen LogP) is 1.70. The average molecular weight is 235 g/mol. The van der Waals surface area contributed by atoms with Crippen LogP contribution in [0.3, 0.4) is 0 Å².